The predicted molar refractivity (Wildman–Crippen MR) is 96.8 cm³/mol. The van der Waals surface area contributed by atoms with E-state index in [4.69, 9.17) is 16.0 Å². The van der Waals surface area contributed by atoms with Gasteiger partial charge in [0.2, 0.25) is 11.6 Å². The van der Waals surface area contributed by atoms with Crippen molar-refractivity contribution in [2.45, 2.75) is 12.8 Å². The van der Waals surface area contributed by atoms with E-state index in [1.807, 2.05) is 29.2 Å². The summed E-state index contributed by atoms with van der Waals surface area (Å²) in [7, 11) is 0. The number of carbonyl (C=O) groups excluding carboxylic acids is 1. The normalized spacial score (nSPS) is 17.6. The molecule has 1 saturated heterocycles. The molecule has 1 aliphatic heterocycles. The number of oxazole rings is 1. The van der Waals surface area contributed by atoms with Crippen LogP contribution >= 0.6 is 11.6 Å². The van der Waals surface area contributed by atoms with Crippen molar-refractivity contribution in [1.29, 1.82) is 0 Å². The third-order valence-electron chi connectivity index (χ3n) is 4.31. The standard InChI is InChI=1S/C18H17ClN4O2/c19-13-5-1-6-14(10-13)21-17(24)12-4-3-9-23(11-12)18-22-16-15(25-18)7-2-8-20-16/h1-2,5-8,10,12H,3-4,9,11H2,(H,21,24). The van der Waals surface area contributed by atoms with Crippen LogP contribution in [0.25, 0.3) is 11.2 Å². The minimum absolute atomic E-state index is 0.0128. The summed E-state index contributed by atoms with van der Waals surface area (Å²) in [6.45, 7) is 1.38. The first-order valence-corrected chi connectivity index (χ1v) is 8.60. The monoisotopic (exact) mass is 356 g/mol. The minimum atomic E-state index is -0.129. The van der Waals surface area contributed by atoms with Gasteiger partial charge in [0, 0.05) is 30.0 Å². The van der Waals surface area contributed by atoms with Gasteiger partial charge in [0.25, 0.3) is 6.01 Å². The number of hydrogen-bond acceptors (Lipinski definition) is 5. The average molecular weight is 357 g/mol. The lowest BCUT2D eigenvalue weighted by molar-refractivity contribution is -0.120. The van der Waals surface area contributed by atoms with E-state index in [9.17, 15) is 4.79 Å². The molecule has 25 heavy (non-hydrogen) atoms. The molecule has 2 aromatic heterocycles. The van der Waals surface area contributed by atoms with Crippen LogP contribution in [-0.2, 0) is 4.79 Å². The Labute approximate surface area is 149 Å². The summed E-state index contributed by atoms with van der Waals surface area (Å²) in [6, 6.07) is 11.3. The molecule has 1 N–H and O–H groups in total. The van der Waals surface area contributed by atoms with Crippen LogP contribution in [0.15, 0.2) is 47.0 Å². The number of hydrogen-bond donors (Lipinski definition) is 1. The Kier molecular flexibility index (Phi) is 4.28. The van der Waals surface area contributed by atoms with Crippen molar-refractivity contribution in [3.05, 3.63) is 47.6 Å². The van der Waals surface area contributed by atoms with Crippen LogP contribution in [0.5, 0.6) is 0 Å². The molecule has 0 spiro atoms. The molecule has 128 valence electrons. The maximum Gasteiger partial charge on any atom is 0.299 e. The summed E-state index contributed by atoms with van der Waals surface area (Å²) in [4.78, 5) is 23.2. The van der Waals surface area contributed by atoms with Crippen LogP contribution in [0.4, 0.5) is 11.7 Å². The summed E-state index contributed by atoms with van der Waals surface area (Å²) < 4.78 is 5.77. The quantitative estimate of drug-likeness (QED) is 0.774. The van der Waals surface area contributed by atoms with Crippen molar-refractivity contribution in [3.63, 3.8) is 0 Å². The third-order valence-corrected chi connectivity index (χ3v) is 4.54. The molecule has 0 aliphatic carbocycles. The zero-order valence-electron chi connectivity index (χ0n) is 13.5. The molecule has 0 radical (unpaired) electrons. The van der Waals surface area contributed by atoms with Crippen molar-refractivity contribution >= 4 is 40.4 Å². The number of rotatable bonds is 3. The number of piperidine rings is 1. The highest BCUT2D eigenvalue weighted by Crippen LogP contribution is 2.26. The molecule has 7 heteroatoms. The Morgan fingerprint density at radius 3 is 3.08 bits per heavy atom. The van der Waals surface area contributed by atoms with Gasteiger partial charge in [-0.25, -0.2) is 4.98 Å². The number of nitrogens with one attached hydrogen (secondary N) is 1. The summed E-state index contributed by atoms with van der Waals surface area (Å²) in [6.07, 6.45) is 3.42. The van der Waals surface area contributed by atoms with Crippen molar-refractivity contribution in [3.8, 4) is 0 Å². The molecule has 0 saturated carbocycles. The molecule has 3 heterocycles. The van der Waals surface area contributed by atoms with Gasteiger partial charge in [-0.1, -0.05) is 17.7 Å². The van der Waals surface area contributed by atoms with Crippen LogP contribution < -0.4 is 10.2 Å². The van der Waals surface area contributed by atoms with Gasteiger partial charge in [0.05, 0.1) is 5.92 Å². The Balaban J connectivity index is 1.47. The van der Waals surface area contributed by atoms with Gasteiger partial charge in [-0.05, 0) is 43.2 Å². The molecule has 0 bridgehead atoms. The highest BCUT2D eigenvalue weighted by molar-refractivity contribution is 6.30. The zero-order chi connectivity index (χ0) is 17.2. The first-order valence-electron chi connectivity index (χ1n) is 8.22. The van der Waals surface area contributed by atoms with Gasteiger partial charge in [-0.3, -0.25) is 4.79 Å². The number of pyridine rings is 1. The number of aromatic nitrogens is 2. The maximum absolute atomic E-state index is 12.6. The molecule has 1 unspecified atom stereocenters. The molecule has 1 amide bonds. The maximum atomic E-state index is 12.6. The Morgan fingerprint density at radius 2 is 2.24 bits per heavy atom. The Morgan fingerprint density at radius 1 is 1.32 bits per heavy atom. The lowest BCUT2D eigenvalue weighted by atomic mass is 9.97. The van der Waals surface area contributed by atoms with E-state index in [-0.39, 0.29) is 11.8 Å². The number of carbonyl (C=O) groups is 1. The molecule has 4 rings (SSSR count). The first kappa shape index (κ1) is 15.9. The number of halogens is 1. The topological polar surface area (TPSA) is 71.3 Å². The molecular weight excluding hydrogens is 340 g/mol. The molecule has 1 aliphatic rings. The van der Waals surface area contributed by atoms with Gasteiger partial charge < -0.3 is 14.6 Å². The Bertz CT molecular complexity index is 878. The van der Waals surface area contributed by atoms with Crippen molar-refractivity contribution in [2.75, 3.05) is 23.3 Å². The highest BCUT2D eigenvalue weighted by Gasteiger charge is 2.28. The van der Waals surface area contributed by atoms with Crippen LogP contribution in [0.3, 0.4) is 0 Å². The minimum Gasteiger partial charge on any atom is -0.422 e. The smallest absolute Gasteiger partial charge is 0.299 e. The van der Waals surface area contributed by atoms with Crippen LogP contribution in [0.2, 0.25) is 5.02 Å². The van der Waals surface area contributed by atoms with Gasteiger partial charge >= 0.3 is 0 Å². The molecule has 3 aromatic rings. The van der Waals surface area contributed by atoms with E-state index in [0.29, 0.717) is 34.5 Å². The van der Waals surface area contributed by atoms with Gasteiger partial charge in [0.1, 0.15) is 0 Å². The predicted octanol–water partition coefficient (Wildman–Crippen LogP) is 3.73. The van der Waals surface area contributed by atoms with Crippen molar-refractivity contribution in [1.82, 2.24) is 9.97 Å². The highest BCUT2D eigenvalue weighted by atomic mass is 35.5. The largest absolute Gasteiger partial charge is 0.422 e. The fourth-order valence-corrected chi connectivity index (χ4v) is 3.26. The number of anilines is 2. The second-order valence-corrected chi connectivity index (χ2v) is 6.54. The average Bonchev–Trinajstić information content (AvgIpc) is 3.06. The Hall–Kier alpha value is -2.60. The number of amides is 1. The summed E-state index contributed by atoms with van der Waals surface area (Å²) in [5.74, 6) is -0.142. The summed E-state index contributed by atoms with van der Waals surface area (Å²) in [5, 5.41) is 3.54. The zero-order valence-corrected chi connectivity index (χ0v) is 14.2. The summed E-state index contributed by atoms with van der Waals surface area (Å²) >= 11 is 5.97. The van der Waals surface area contributed by atoms with E-state index < -0.39 is 0 Å². The van der Waals surface area contributed by atoms with Crippen molar-refractivity contribution < 1.29 is 9.21 Å². The molecule has 1 aromatic carbocycles. The van der Waals surface area contributed by atoms with E-state index in [1.54, 1.807) is 18.3 Å². The molecule has 1 fully saturated rings. The summed E-state index contributed by atoms with van der Waals surface area (Å²) in [5.41, 5.74) is 1.95. The van der Waals surface area contributed by atoms with Gasteiger partial charge in [-0.2, -0.15) is 4.98 Å². The van der Waals surface area contributed by atoms with Gasteiger partial charge in [-0.15, -0.1) is 0 Å². The fraction of sp³-hybridized carbons (Fsp3) is 0.278. The number of nitrogens with zero attached hydrogens (tertiary/aromatic N) is 3. The SMILES string of the molecule is O=C(Nc1cccc(Cl)c1)C1CCCN(c2nc3ncccc3o2)C1. The first-order chi connectivity index (χ1) is 12.2. The van der Waals surface area contributed by atoms with E-state index >= 15 is 0 Å². The number of benzene rings is 1. The fourth-order valence-electron chi connectivity index (χ4n) is 3.07. The molecular formula is C18H17ClN4O2. The second kappa shape index (κ2) is 6.72. The van der Waals surface area contributed by atoms with Crippen molar-refractivity contribution in [2.24, 2.45) is 5.92 Å². The van der Waals surface area contributed by atoms with Crippen LogP contribution in [0.1, 0.15) is 12.8 Å². The van der Waals surface area contributed by atoms with E-state index in [1.165, 1.54) is 0 Å². The lowest BCUT2D eigenvalue weighted by Crippen LogP contribution is -2.40. The van der Waals surface area contributed by atoms with E-state index in [2.05, 4.69) is 15.3 Å². The van der Waals surface area contributed by atoms with Gasteiger partial charge in [0.15, 0.2) is 5.58 Å². The number of fused-ring (bicyclic) bond motifs is 1. The van der Waals surface area contributed by atoms with E-state index in [0.717, 1.165) is 19.4 Å². The third kappa shape index (κ3) is 3.44. The second-order valence-electron chi connectivity index (χ2n) is 6.11. The molecule has 6 nitrogen and oxygen atoms in total. The van der Waals surface area contributed by atoms with Crippen LogP contribution in [0, 0.1) is 5.92 Å². The molecule has 1 atom stereocenters. The van der Waals surface area contributed by atoms with Crippen LogP contribution in [-0.4, -0.2) is 29.0 Å². The lowest BCUT2D eigenvalue weighted by Gasteiger charge is -2.30.